The van der Waals surface area contributed by atoms with Crippen LogP contribution in [0.4, 0.5) is 33.6 Å². The molecule has 13 heteroatoms. The Labute approximate surface area is 244 Å². The van der Waals surface area contributed by atoms with E-state index in [4.69, 9.17) is 10.5 Å². The first kappa shape index (κ1) is 31.3. The summed E-state index contributed by atoms with van der Waals surface area (Å²) in [6, 6.07) is 13.1. The van der Waals surface area contributed by atoms with E-state index in [1.54, 1.807) is 69.3 Å². The Morgan fingerprint density at radius 3 is 2.26 bits per heavy atom. The fraction of sp³-hybridized carbons (Fsp3) is 0.310. The summed E-state index contributed by atoms with van der Waals surface area (Å²) in [4.78, 5) is 59.0. The average molecular weight is 577 g/mol. The van der Waals surface area contributed by atoms with Crippen molar-refractivity contribution in [2.45, 2.75) is 39.7 Å². The lowest BCUT2D eigenvalue weighted by molar-refractivity contribution is -0.117. The summed E-state index contributed by atoms with van der Waals surface area (Å²) in [7, 11) is 1.47. The minimum atomic E-state index is -0.679. The SMILES string of the molecule is CCCNc1nc(Nc2ccc(C(N)=O)cc2)ncc1C(=O)Nc1cccc(NC(=O)CN(C)C(=O)OC(C)(C)C)c1. The number of hydrogen-bond acceptors (Lipinski definition) is 9. The second kappa shape index (κ2) is 13.9. The van der Waals surface area contributed by atoms with Crippen LogP contribution in [0.25, 0.3) is 0 Å². The third-order valence-corrected chi connectivity index (χ3v) is 5.49. The topological polar surface area (TPSA) is 181 Å². The van der Waals surface area contributed by atoms with E-state index in [0.29, 0.717) is 35.0 Å². The molecule has 0 bridgehead atoms. The number of anilines is 5. The highest BCUT2D eigenvalue weighted by Gasteiger charge is 2.21. The smallest absolute Gasteiger partial charge is 0.410 e. The van der Waals surface area contributed by atoms with Crippen molar-refractivity contribution in [3.05, 3.63) is 65.9 Å². The Balaban J connectivity index is 1.69. The van der Waals surface area contributed by atoms with Gasteiger partial charge in [-0.05, 0) is 69.7 Å². The molecule has 0 saturated carbocycles. The number of nitrogens with two attached hydrogens (primary N) is 1. The number of hydrogen-bond donors (Lipinski definition) is 5. The van der Waals surface area contributed by atoms with E-state index in [2.05, 4.69) is 31.2 Å². The summed E-state index contributed by atoms with van der Waals surface area (Å²) < 4.78 is 5.26. The molecular formula is C29H36N8O5. The van der Waals surface area contributed by atoms with Gasteiger partial charge in [-0.3, -0.25) is 14.4 Å². The van der Waals surface area contributed by atoms with Gasteiger partial charge in [-0.2, -0.15) is 4.98 Å². The van der Waals surface area contributed by atoms with Crippen molar-refractivity contribution >= 4 is 52.6 Å². The first-order valence-corrected chi connectivity index (χ1v) is 13.3. The molecular weight excluding hydrogens is 540 g/mol. The van der Waals surface area contributed by atoms with Crippen molar-refractivity contribution in [3.63, 3.8) is 0 Å². The number of nitrogens with one attached hydrogen (secondary N) is 4. The Hall–Kier alpha value is -5.20. The zero-order chi connectivity index (χ0) is 30.9. The van der Waals surface area contributed by atoms with Crippen LogP contribution in [0.3, 0.4) is 0 Å². The molecule has 0 radical (unpaired) electrons. The number of rotatable bonds is 11. The van der Waals surface area contributed by atoms with Crippen molar-refractivity contribution in [3.8, 4) is 0 Å². The van der Waals surface area contributed by atoms with Crippen LogP contribution in [0.1, 0.15) is 54.8 Å². The molecule has 3 aromatic rings. The van der Waals surface area contributed by atoms with Crippen LogP contribution in [0, 0.1) is 0 Å². The molecule has 4 amide bonds. The summed E-state index contributed by atoms with van der Waals surface area (Å²) in [5.74, 6) is -0.844. The Kier molecular flexibility index (Phi) is 10.4. The lowest BCUT2D eigenvalue weighted by Gasteiger charge is -2.24. The third kappa shape index (κ3) is 9.47. The van der Waals surface area contributed by atoms with Gasteiger partial charge in [0.2, 0.25) is 17.8 Å². The van der Waals surface area contributed by atoms with Crippen LogP contribution in [0.5, 0.6) is 0 Å². The summed E-state index contributed by atoms with van der Waals surface area (Å²) in [6.07, 6.45) is 1.59. The maximum absolute atomic E-state index is 13.2. The minimum absolute atomic E-state index is 0.214. The molecule has 13 nitrogen and oxygen atoms in total. The number of benzene rings is 2. The molecule has 0 unspecified atom stereocenters. The summed E-state index contributed by atoms with van der Waals surface area (Å²) in [5.41, 5.74) is 6.69. The highest BCUT2D eigenvalue weighted by Crippen LogP contribution is 2.21. The first-order chi connectivity index (χ1) is 19.8. The van der Waals surface area contributed by atoms with Crippen molar-refractivity contribution < 1.29 is 23.9 Å². The van der Waals surface area contributed by atoms with Crippen LogP contribution in [-0.2, 0) is 9.53 Å². The molecule has 0 aliphatic heterocycles. The normalized spacial score (nSPS) is 10.8. The van der Waals surface area contributed by atoms with Gasteiger partial charge in [-0.25, -0.2) is 9.78 Å². The van der Waals surface area contributed by atoms with Crippen molar-refractivity contribution in [2.75, 3.05) is 41.4 Å². The van der Waals surface area contributed by atoms with Gasteiger partial charge in [0.05, 0.1) is 0 Å². The van der Waals surface area contributed by atoms with Crippen molar-refractivity contribution in [1.29, 1.82) is 0 Å². The quantitative estimate of drug-likeness (QED) is 0.223. The first-order valence-electron chi connectivity index (χ1n) is 13.3. The van der Waals surface area contributed by atoms with Crippen molar-refractivity contribution in [2.24, 2.45) is 5.73 Å². The molecule has 0 aliphatic carbocycles. The molecule has 3 rings (SSSR count). The van der Waals surface area contributed by atoms with Gasteiger partial charge in [0.25, 0.3) is 5.91 Å². The van der Waals surface area contributed by atoms with Crippen LogP contribution in [0.15, 0.2) is 54.7 Å². The minimum Gasteiger partial charge on any atom is -0.444 e. The van der Waals surface area contributed by atoms with E-state index < -0.39 is 29.4 Å². The molecule has 0 atom stereocenters. The number of amides is 4. The monoisotopic (exact) mass is 576 g/mol. The van der Waals surface area contributed by atoms with E-state index in [1.165, 1.54) is 18.1 Å². The number of nitrogens with zero attached hydrogens (tertiary/aromatic N) is 3. The molecule has 0 aliphatic rings. The lowest BCUT2D eigenvalue weighted by Crippen LogP contribution is -2.38. The predicted molar refractivity (Wildman–Crippen MR) is 161 cm³/mol. The molecule has 0 fully saturated rings. The number of ether oxygens (including phenoxy) is 1. The Bertz CT molecular complexity index is 1440. The highest BCUT2D eigenvalue weighted by atomic mass is 16.6. The molecule has 6 N–H and O–H groups in total. The summed E-state index contributed by atoms with van der Waals surface area (Å²) >= 11 is 0. The fourth-order valence-corrected chi connectivity index (χ4v) is 3.53. The van der Waals surface area contributed by atoms with E-state index in [9.17, 15) is 19.2 Å². The fourth-order valence-electron chi connectivity index (χ4n) is 3.53. The van der Waals surface area contributed by atoms with Gasteiger partial charge in [0, 0.05) is 42.4 Å². The number of carbonyl (C=O) groups is 4. The van der Waals surface area contributed by atoms with Gasteiger partial charge in [-0.15, -0.1) is 0 Å². The molecule has 2 aromatic carbocycles. The molecule has 1 heterocycles. The number of likely N-dealkylation sites (N-methyl/N-ethyl adjacent to an activating group) is 1. The van der Waals surface area contributed by atoms with Gasteiger partial charge in [0.15, 0.2) is 0 Å². The van der Waals surface area contributed by atoms with Crippen molar-refractivity contribution in [1.82, 2.24) is 14.9 Å². The standard InChI is InChI=1S/C29H36N8O5/c1-6-14-31-25-22(16-32-27(36-25)35-19-12-10-18(11-13-19)24(30)39)26(40)34-21-9-7-8-20(15-21)33-23(38)17-37(5)28(41)42-29(2,3)4/h7-13,15-16H,6,14,17H2,1-5H3,(H2,30,39)(H,33,38)(H,34,40)(H2,31,32,35,36). The van der Waals surface area contributed by atoms with E-state index >= 15 is 0 Å². The van der Waals surface area contributed by atoms with Gasteiger partial charge >= 0.3 is 6.09 Å². The zero-order valence-corrected chi connectivity index (χ0v) is 24.3. The number of carbonyl (C=O) groups excluding carboxylic acids is 4. The third-order valence-electron chi connectivity index (χ3n) is 5.49. The van der Waals surface area contributed by atoms with Gasteiger partial charge in [0.1, 0.15) is 23.5 Å². The summed E-state index contributed by atoms with van der Waals surface area (Å²) in [6.45, 7) is 7.57. The Morgan fingerprint density at radius 2 is 1.64 bits per heavy atom. The molecule has 42 heavy (non-hydrogen) atoms. The van der Waals surface area contributed by atoms with Crippen LogP contribution in [0.2, 0.25) is 0 Å². The van der Waals surface area contributed by atoms with E-state index in [1.807, 2.05) is 6.92 Å². The predicted octanol–water partition coefficient (Wildman–Crippen LogP) is 4.20. The number of primary amides is 1. The van der Waals surface area contributed by atoms with Crippen LogP contribution < -0.4 is 27.0 Å². The second-order valence-electron chi connectivity index (χ2n) is 10.4. The van der Waals surface area contributed by atoms with Crippen LogP contribution >= 0.6 is 0 Å². The lowest BCUT2D eigenvalue weighted by atomic mass is 10.2. The molecule has 0 saturated heterocycles. The largest absolute Gasteiger partial charge is 0.444 e. The van der Waals surface area contributed by atoms with E-state index in [-0.39, 0.29) is 18.1 Å². The van der Waals surface area contributed by atoms with Gasteiger partial charge in [-0.1, -0.05) is 13.0 Å². The number of aromatic nitrogens is 2. The molecule has 0 spiro atoms. The van der Waals surface area contributed by atoms with E-state index in [0.717, 1.165) is 6.42 Å². The maximum atomic E-state index is 13.2. The maximum Gasteiger partial charge on any atom is 0.410 e. The van der Waals surface area contributed by atoms with Crippen LogP contribution in [-0.4, -0.2) is 64.4 Å². The second-order valence-corrected chi connectivity index (χ2v) is 10.4. The highest BCUT2D eigenvalue weighted by molar-refractivity contribution is 6.07. The molecule has 222 valence electrons. The Morgan fingerprint density at radius 1 is 0.976 bits per heavy atom. The van der Waals surface area contributed by atoms with Gasteiger partial charge < -0.3 is 36.6 Å². The average Bonchev–Trinajstić information content (AvgIpc) is 2.91. The summed E-state index contributed by atoms with van der Waals surface area (Å²) in [5, 5.41) is 11.7. The molecule has 1 aromatic heterocycles. The zero-order valence-electron chi connectivity index (χ0n) is 24.3.